The van der Waals surface area contributed by atoms with Crippen LogP contribution in [-0.2, 0) is 11.3 Å². The number of carboxylic acid groups (broad SMARTS) is 1. The molecule has 0 spiro atoms. The highest BCUT2D eigenvalue weighted by Crippen LogP contribution is 2.29. The van der Waals surface area contributed by atoms with Gasteiger partial charge in [0.25, 0.3) is 0 Å². The molecule has 0 saturated carbocycles. The van der Waals surface area contributed by atoms with Crippen LogP contribution in [0, 0.1) is 0 Å². The summed E-state index contributed by atoms with van der Waals surface area (Å²) in [7, 11) is 1.68. The zero-order chi connectivity index (χ0) is 14.7. The lowest BCUT2D eigenvalue weighted by molar-refractivity contribution is -0.141. The summed E-state index contributed by atoms with van der Waals surface area (Å²) in [5, 5.41) is 9.07. The monoisotopic (exact) mass is 295 g/mol. The van der Waals surface area contributed by atoms with E-state index in [9.17, 15) is 14.7 Å². The van der Waals surface area contributed by atoms with Gasteiger partial charge in [0, 0.05) is 31.7 Å². The second-order valence-corrected chi connectivity index (χ2v) is 6.04. The van der Waals surface area contributed by atoms with E-state index in [2.05, 4.69) is 4.98 Å². The Morgan fingerprint density at radius 2 is 2.15 bits per heavy atom. The SMILES string of the molecule is CC1SCC(C(=O)O)N1C(=O)N(C)Cc1ccncc1. The van der Waals surface area contributed by atoms with Gasteiger partial charge in [-0.15, -0.1) is 11.8 Å². The Hall–Kier alpha value is -1.76. The molecule has 1 saturated heterocycles. The minimum atomic E-state index is -0.951. The van der Waals surface area contributed by atoms with Gasteiger partial charge in [0.05, 0.1) is 5.37 Å². The Morgan fingerprint density at radius 1 is 1.50 bits per heavy atom. The van der Waals surface area contributed by atoms with Gasteiger partial charge in [-0.2, -0.15) is 0 Å². The average Bonchev–Trinajstić information content (AvgIpc) is 2.81. The summed E-state index contributed by atoms with van der Waals surface area (Å²) in [5.74, 6) is -0.516. The fraction of sp³-hybridized carbons (Fsp3) is 0.462. The van der Waals surface area contributed by atoms with Crippen molar-refractivity contribution in [3.8, 4) is 0 Å². The van der Waals surface area contributed by atoms with E-state index in [0.717, 1.165) is 5.56 Å². The molecule has 2 unspecified atom stereocenters. The maximum Gasteiger partial charge on any atom is 0.327 e. The predicted octanol–water partition coefficient (Wildman–Crippen LogP) is 1.48. The fourth-order valence-electron chi connectivity index (χ4n) is 2.15. The van der Waals surface area contributed by atoms with Crippen molar-refractivity contribution in [2.75, 3.05) is 12.8 Å². The van der Waals surface area contributed by atoms with Crippen molar-refractivity contribution >= 4 is 23.8 Å². The molecule has 1 aromatic rings. The van der Waals surface area contributed by atoms with Crippen LogP contribution in [0.1, 0.15) is 12.5 Å². The highest BCUT2D eigenvalue weighted by molar-refractivity contribution is 8.00. The van der Waals surface area contributed by atoms with Crippen molar-refractivity contribution in [2.45, 2.75) is 24.9 Å². The number of carboxylic acids is 1. The molecule has 2 rings (SSSR count). The number of hydrogen-bond acceptors (Lipinski definition) is 4. The van der Waals surface area contributed by atoms with Crippen molar-refractivity contribution in [3.63, 3.8) is 0 Å². The van der Waals surface area contributed by atoms with Crippen LogP contribution in [0.25, 0.3) is 0 Å². The molecule has 0 aromatic carbocycles. The maximum atomic E-state index is 12.4. The third-order valence-corrected chi connectivity index (χ3v) is 4.44. The predicted molar refractivity (Wildman–Crippen MR) is 76.3 cm³/mol. The van der Waals surface area contributed by atoms with Crippen molar-refractivity contribution < 1.29 is 14.7 Å². The number of carbonyl (C=O) groups excluding carboxylic acids is 1. The molecule has 1 aromatic heterocycles. The standard InChI is InChI=1S/C13H17N3O3S/c1-9-16(11(8-20-9)12(17)18)13(19)15(2)7-10-3-5-14-6-4-10/h3-6,9,11H,7-8H2,1-2H3,(H,17,18). The molecule has 6 nitrogen and oxygen atoms in total. The maximum absolute atomic E-state index is 12.4. The van der Waals surface area contributed by atoms with Crippen molar-refractivity contribution in [1.29, 1.82) is 0 Å². The summed E-state index contributed by atoms with van der Waals surface area (Å²) >= 11 is 1.48. The Bertz CT molecular complexity index is 497. The van der Waals surface area contributed by atoms with E-state index < -0.39 is 12.0 Å². The third kappa shape index (κ3) is 3.04. The molecule has 1 aliphatic rings. The van der Waals surface area contributed by atoms with E-state index in [4.69, 9.17) is 0 Å². The minimum absolute atomic E-state index is 0.122. The van der Waals surface area contributed by atoms with E-state index in [1.807, 2.05) is 19.1 Å². The molecule has 0 aliphatic carbocycles. The molecule has 2 heterocycles. The number of hydrogen-bond donors (Lipinski definition) is 1. The lowest BCUT2D eigenvalue weighted by Crippen LogP contribution is -2.49. The molecule has 0 bridgehead atoms. The van der Waals surface area contributed by atoms with Gasteiger partial charge in [-0.25, -0.2) is 9.59 Å². The van der Waals surface area contributed by atoms with Gasteiger partial charge in [-0.3, -0.25) is 9.88 Å². The third-order valence-electron chi connectivity index (χ3n) is 3.22. The van der Waals surface area contributed by atoms with Gasteiger partial charge in [0.15, 0.2) is 0 Å². The lowest BCUT2D eigenvalue weighted by atomic mass is 10.2. The van der Waals surface area contributed by atoms with Crippen molar-refractivity contribution in [1.82, 2.24) is 14.8 Å². The van der Waals surface area contributed by atoms with Gasteiger partial charge < -0.3 is 10.0 Å². The van der Waals surface area contributed by atoms with E-state index in [0.29, 0.717) is 12.3 Å². The highest BCUT2D eigenvalue weighted by atomic mass is 32.2. The number of aromatic nitrogens is 1. The highest BCUT2D eigenvalue weighted by Gasteiger charge is 2.40. The molecule has 1 fully saturated rings. The normalized spacial score (nSPS) is 21.8. The topological polar surface area (TPSA) is 73.7 Å². The first-order valence-electron chi connectivity index (χ1n) is 6.27. The first-order valence-corrected chi connectivity index (χ1v) is 7.32. The van der Waals surface area contributed by atoms with Crippen molar-refractivity contribution in [3.05, 3.63) is 30.1 Å². The number of rotatable bonds is 3. The summed E-state index contributed by atoms with van der Waals surface area (Å²) < 4.78 is 0. The van der Waals surface area contributed by atoms with Crippen LogP contribution in [0.15, 0.2) is 24.5 Å². The Morgan fingerprint density at radius 3 is 2.75 bits per heavy atom. The van der Waals surface area contributed by atoms with Crippen LogP contribution in [0.2, 0.25) is 0 Å². The first kappa shape index (κ1) is 14.6. The summed E-state index contributed by atoms with van der Waals surface area (Å²) in [4.78, 5) is 30.5. The summed E-state index contributed by atoms with van der Waals surface area (Å²) in [5.41, 5.74) is 0.960. The Kier molecular flexibility index (Phi) is 4.49. The van der Waals surface area contributed by atoms with Gasteiger partial charge in [-0.05, 0) is 24.6 Å². The van der Waals surface area contributed by atoms with Gasteiger partial charge in [-0.1, -0.05) is 0 Å². The summed E-state index contributed by atoms with van der Waals surface area (Å²) in [6, 6.07) is 2.66. The molecule has 7 heteroatoms. The summed E-state index contributed by atoms with van der Waals surface area (Å²) in [6.45, 7) is 2.29. The first-order chi connectivity index (χ1) is 9.50. The molecule has 108 valence electrons. The molecule has 1 N–H and O–H groups in total. The van der Waals surface area contributed by atoms with E-state index in [1.165, 1.54) is 21.6 Å². The largest absolute Gasteiger partial charge is 0.480 e. The lowest BCUT2D eigenvalue weighted by Gasteiger charge is -2.30. The Balaban J connectivity index is 2.07. The minimum Gasteiger partial charge on any atom is -0.480 e. The molecule has 20 heavy (non-hydrogen) atoms. The number of amides is 2. The number of carbonyl (C=O) groups is 2. The summed E-state index contributed by atoms with van der Waals surface area (Å²) in [6.07, 6.45) is 3.34. The molecule has 2 amide bonds. The molecular weight excluding hydrogens is 278 g/mol. The molecule has 2 atom stereocenters. The zero-order valence-corrected chi connectivity index (χ0v) is 12.2. The smallest absolute Gasteiger partial charge is 0.327 e. The van der Waals surface area contributed by atoms with Crippen LogP contribution < -0.4 is 0 Å². The quantitative estimate of drug-likeness (QED) is 0.914. The molecule has 1 aliphatic heterocycles. The number of pyridine rings is 1. The van der Waals surface area contributed by atoms with Crippen molar-refractivity contribution in [2.24, 2.45) is 0 Å². The molecule has 0 radical (unpaired) electrons. The van der Waals surface area contributed by atoms with E-state index >= 15 is 0 Å². The zero-order valence-electron chi connectivity index (χ0n) is 11.4. The number of aliphatic carboxylic acids is 1. The van der Waals surface area contributed by atoms with Crippen LogP contribution in [0.4, 0.5) is 4.79 Å². The number of nitrogens with zero attached hydrogens (tertiary/aromatic N) is 3. The number of urea groups is 1. The van der Waals surface area contributed by atoms with E-state index in [-0.39, 0.29) is 11.4 Å². The van der Waals surface area contributed by atoms with Gasteiger partial charge in [0.1, 0.15) is 6.04 Å². The van der Waals surface area contributed by atoms with Crippen LogP contribution >= 0.6 is 11.8 Å². The van der Waals surface area contributed by atoms with Gasteiger partial charge >= 0.3 is 12.0 Å². The van der Waals surface area contributed by atoms with Crippen LogP contribution in [0.5, 0.6) is 0 Å². The number of thioether (sulfide) groups is 1. The Labute approximate surface area is 121 Å². The fourth-order valence-corrected chi connectivity index (χ4v) is 3.31. The molecular formula is C13H17N3O3S. The average molecular weight is 295 g/mol. The second kappa shape index (κ2) is 6.13. The van der Waals surface area contributed by atoms with E-state index in [1.54, 1.807) is 19.4 Å². The second-order valence-electron chi connectivity index (χ2n) is 4.69. The van der Waals surface area contributed by atoms with Crippen LogP contribution in [0.3, 0.4) is 0 Å². The van der Waals surface area contributed by atoms with Crippen LogP contribution in [-0.4, -0.2) is 56.1 Å². The van der Waals surface area contributed by atoms with Gasteiger partial charge in [0.2, 0.25) is 0 Å².